The zero-order chi connectivity index (χ0) is 16.7. The van der Waals surface area contributed by atoms with Crippen molar-refractivity contribution >= 4 is 11.7 Å². The predicted octanol–water partition coefficient (Wildman–Crippen LogP) is 2.22. The van der Waals surface area contributed by atoms with Crippen molar-refractivity contribution in [3.8, 4) is 0 Å². The van der Waals surface area contributed by atoms with Crippen LogP contribution in [0.1, 0.15) is 56.2 Å². The van der Waals surface area contributed by atoms with E-state index in [0.29, 0.717) is 28.9 Å². The van der Waals surface area contributed by atoms with Gasteiger partial charge in [-0.25, -0.2) is 0 Å². The largest absolute Gasteiger partial charge is 0.390 e. The number of hydrogen-bond acceptors (Lipinski definition) is 3. The Balaban J connectivity index is 1.89. The lowest BCUT2D eigenvalue weighted by Gasteiger charge is -2.17. The molecule has 5 heteroatoms. The van der Waals surface area contributed by atoms with Crippen LogP contribution in [-0.4, -0.2) is 27.9 Å². The van der Waals surface area contributed by atoms with E-state index in [0.717, 1.165) is 11.1 Å². The number of hydrogen-bond donors (Lipinski definition) is 3. The van der Waals surface area contributed by atoms with Gasteiger partial charge in [-0.05, 0) is 37.5 Å². The minimum Gasteiger partial charge on any atom is -0.390 e. The molecule has 2 atom stereocenters. The molecule has 0 fully saturated rings. The van der Waals surface area contributed by atoms with Gasteiger partial charge in [-0.2, -0.15) is 0 Å². The van der Waals surface area contributed by atoms with Gasteiger partial charge in [-0.1, -0.05) is 24.3 Å². The Labute approximate surface area is 134 Å². The minimum absolute atomic E-state index is 0.0680. The Morgan fingerprint density at radius 1 is 1.26 bits per heavy atom. The van der Waals surface area contributed by atoms with Crippen molar-refractivity contribution in [3.63, 3.8) is 0 Å². The molecule has 3 rings (SSSR count). The Morgan fingerprint density at radius 2 is 1.96 bits per heavy atom. The topological polar surface area (TPSA) is 82.2 Å². The van der Waals surface area contributed by atoms with Crippen LogP contribution in [0, 0.1) is 13.8 Å². The van der Waals surface area contributed by atoms with Gasteiger partial charge in [0.25, 0.3) is 5.91 Å². The van der Waals surface area contributed by atoms with Gasteiger partial charge in [0.15, 0.2) is 5.78 Å². The molecule has 0 radical (unpaired) electrons. The van der Waals surface area contributed by atoms with Crippen molar-refractivity contribution in [1.29, 1.82) is 0 Å². The number of aliphatic hydroxyl groups is 1. The molecular formula is C18H20N2O3. The monoisotopic (exact) mass is 312 g/mol. The Bertz CT molecular complexity index is 792. The first-order chi connectivity index (χ1) is 10.9. The fourth-order valence-electron chi connectivity index (χ4n) is 3.47. The van der Waals surface area contributed by atoms with E-state index in [4.69, 9.17) is 0 Å². The average Bonchev–Trinajstić information content (AvgIpc) is 2.96. The highest BCUT2D eigenvalue weighted by Crippen LogP contribution is 2.31. The summed E-state index contributed by atoms with van der Waals surface area (Å²) in [5.74, 6) is -0.375. The third-order valence-corrected chi connectivity index (χ3v) is 4.51. The number of carbonyl (C=O) groups excluding carboxylic acids is 2. The normalized spacial score (nSPS) is 19.5. The number of fused-ring (bicyclic) bond motifs is 1. The van der Waals surface area contributed by atoms with Gasteiger partial charge >= 0.3 is 0 Å². The maximum Gasteiger partial charge on any atom is 0.268 e. The zero-order valence-corrected chi connectivity index (χ0v) is 13.4. The van der Waals surface area contributed by atoms with Crippen LogP contribution in [0.2, 0.25) is 0 Å². The van der Waals surface area contributed by atoms with Crippen molar-refractivity contribution in [2.75, 3.05) is 0 Å². The third-order valence-electron chi connectivity index (χ3n) is 4.51. The molecular weight excluding hydrogens is 292 g/mol. The summed E-state index contributed by atoms with van der Waals surface area (Å²) in [5, 5.41) is 13.1. The molecule has 2 unspecified atom stereocenters. The summed E-state index contributed by atoms with van der Waals surface area (Å²) < 4.78 is 0. The van der Waals surface area contributed by atoms with Crippen LogP contribution in [0.15, 0.2) is 24.3 Å². The molecule has 1 aromatic heterocycles. The molecule has 120 valence electrons. The van der Waals surface area contributed by atoms with E-state index in [1.165, 1.54) is 6.92 Å². The van der Waals surface area contributed by atoms with Crippen LogP contribution in [-0.2, 0) is 6.42 Å². The predicted molar refractivity (Wildman–Crippen MR) is 86.6 cm³/mol. The summed E-state index contributed by atoms with van der Waals surface area (Å²) in [6.45, 7) is 5.02. The molecule has 1 aromatic carbocycles. The van der Waals surface area contributed by atoms with Gasteiger partial charge in [0.1, 0.15) is 5.69 Å². The molecule has 0 aliphatic heterocycles. The summed E-state index contributed by atoms with van der Waals surface area (Å²) in [6.07, 6.45) is -0.109. The second kappa shape index (κ2) is 5.66. The lowest BCUT2D eigenvalue weighted by molar-refractivity contribution is 0.0853. The molecule has 0 saturated carbocycles. The Hall–Kier alpha value is -2.40. The summed E-state index contributed by atoms with van der Waals surface area (Å²) in [6, 6.07) is 7.27. The standard InChI is InChI=1S/C18H20N2O3/c1-9-15(11(3)21)10(2)19-16(9)18(23)20-17-13-7-5-4-6-12(13)8-14(17)22/h4-7,14,17,19,22H,8H2,1-3H3,(H,20,23). The van der Waals surface area contributed by atoms with E-state index in [-0.39, 0.29) is 11.7 Å². The van der Waals surface area contributed by atoms with Crippen molar-refractivity contribution in [2.24, 2.45) is 0 Å². The number of rotatable bonds is 3. The number of H-pyrrole nitrogens is 1. The number of aromatic amines is 1. The molecule has 0 saturated heterocycles. The molecule has 1 amide bonds. The molecule has 2 aromatic rings. The van der Waals surface area contributed by atoms with E-state index in [9.17, 15) is 14.7 Å². The fourth-order valence-corrected chi connectivity index (χ4v) is 3.47. The Morgan fingerprint density at radius 3 is 2.61 bits per heavy atom. The second-order valence-electron chi connectivity index (χ2n) is 6.10. The molecule has 1 heterocycles. The highest BCUT2D eigenvalue weighted by molar-refractivity contribution is 6.02. The summed E-state index contributed by atoms with van der Waals surface area (Å²) in [4.78, 5) is 27.3. The molecule has 23 heavy (non-hydrogen) atoms. The van der Waals surface area contributed by atoms with Crippen molar-refractivity contribution < 1.29 is 14.7 Å². The van der Waals surface area contributed by atoms with Crippen molar-refractivity contribution in [3.05, 3.63) is 57.9 Å². The number of aliphatic hydroxyl groups excluding tert-OH is 1. The second-order valence-corrected chi connectivity index (χ2v) is 6.10. The number of amides is 1. The Kier molecular flexibility index (Phi) is 3.82. The fraction of sp³-hybridized carbons (Fsp3) is 0.333. The molecule has 1 aliphatic rings. The number of nitrogens with one attached hydrogen (secondary N) is 2. The first kappa shape index (κ1) is 15.5. The molecule has 5 nitrogen and oxygen atoms in total. The number of Topliss-reactive ketones (excluding diaryl/α,β-unsaturated/α-hetero) is 1. The van der Waals surface area contributed by atoms with Gasteiger partial charge in [0.2, 0.25) is 0 Å². The van der Waals surface area contributed by atoms with Gasteiger partial charge in [0.05, 0.1) is 12.1 Å². The van der Waals surface area contributed by atoms with Gasteiger partial charge in [-0.3, -0.25) is 9.59 Å². The van der Waals surface area contributed by atoms with E-state index in [2.05, 4.69) is 10.3 Å². The maximum atomic E-state index is 12.6. The van der Waals surface area contributed by atoms with E-state index >= 15 is 0 Å². The molecule has 0 bridgehead atoms. The van der Waals surface area contributed by atoms with Crippen molar-refractivity contribution in [1.82, 2.24) is 10.3 Å². The number of aryl methyl sites for hydroxylation is 1. The van der Waals surface area contributed by atoms with Gasteiger partial charge in [-0.15, -0.1) is 0 Å². The van der Waals surface area contributed by atoms with Crippen LogP contribution in [0.25, 0.3) is 0 Å². The quantitative estimate of drug-likeness (QED) is 0.760. The summed E-state index contributed by atoms with van der Waals surface area (Å²) in [7, 11) is 0. The highest BCUT2D eigenvalue weighted by Gasteiger charge is 2.33. The van der Waals surface area contributed by atoms with Gasteiger partial charge in [0, 0.05) is 17.7 Å². The first-order valence-corrected chi connectivity index (χ1v) is 7.67. The van der Waals surface area contributed by atoms with Crippen LogP contribution in [0.5, 0.6) is 0 Å². The molecule has 0 spiro atoms. The van der Waals surface area contributed by atoms with Crippen LogP contribution in [0.4, 0.5) is 0 Å². The van der Waals surface area contributed by atoms with E-state index in [1.54, 1.807) is 13.8 Å². The number of benzene rings is 1. The van der Waals surface area contributed by atoms with Gasteiger partial charge < -0.3 is 15.4 Å². The number of ketones is 1. The maximum absolute atomic E-state index is 12.6. The lowest BCUT2D eigenvalue weighted by Crippen LogP contribution is -2.34. The van der Waals surface area contributed by atoms with Crippen LogP contribution in [0.3, 0.4) is 0 Å². The molecule has 1 aliphatic carbocycles. The third kappa shape index (κ3) is 2.57. The number of aromatic nitrogens is 1. The SMILES string of the molecule is CC(=O)c1c(C)[nH]c(C(=O)NC2c3ccccc3CC2O)c1C. The summed E-state index contributed by atoms with van der Waals surface area (Å²) >= 11 is 0. The van der Waals surface area contributed by atoms with Crippen molar-refractivity contribution in [2.45, 2.75) is 39.3 Å². The summed E-state index contributed by atoms with van der Waals surface area (Å²) in [5.41, 5.74) is 4.27. The number of carbonyl (C=O) groups is 2. The van der Waals surface area contributed by atoms with Crippen LogP contribution < -0.4 is 5.32 Å². The zero-order valence-electron chi connectivity index (χ0n) is 13.4. The minimum atomic E-state index is -0.639. The smallest absolute Gasteiger partial charge is 0.268 e. The average molecular weight is 312 g/mol. The first-order valence-electron chi connectivity index (χ1n) is 7.67. The van der Waals surface area contributed by atoms with Crippen LogP contribution >= 0.6 is 0 Å². The van der Waals surface area contributed by atoms with E-state index < -0.39 is 12.1 Å². The molecule has 3 N–H and O–H groups in total. The lowest BCUT2D eigenvalue weighted by atomic mass is 10.1. The highest BCUT2D eigenvalue weighted by atomic mass is 16.3. The van der Waals surface area contributed by atoms with E-state index in [1.807, 2.05) is 24.3 Å².